The van der Waals surface area contributed by atoms with Gasteiger partial charge in [0.1, 0.15) is 36.0 Å². The van der Waals surface area contributed by atoms with Gasteiger partial charge in [0.25, 0.3) is 45.9 Å². The zero-order chi connectivity index (χ0) is 52.0. The lowest BCUT2D eigenvalue weighted by molar-refractivity contribution is 0.0697. The summed E-state index contributed by atoms with van der Waals surface area (Å²) in [5.41, 5.74) is 0.370. The highest BCUT2D eigenvalue weighted by Gasteiger charge is 2.18. The van der Waals surface area contributed by atoms with Crippen LogP contribution >= 0.6 is 0 Å². The van der Waals surface area contributed by atoms with Gasteiger partial charge in [0.2, 0.25) is 0 Å². The van der Waals surface area contributed by atoms with Gasteiger partial charge in [-0.3, -0.25) is 48.2 Å². The molecule has 2 aromatic carbocycles. The number of carbonyl (C=O) groups is 4. The van der Waals surface area contributed by atoms with Gasteiger partial charge in [0.05, 0.1) is 13.2 Å². The molecule has 6 rings (SSSR count). The zero-order valence-electron chi connectivity index (χ0n) is 40.8. The van der Waals surface area contributed by atoms with Crippen molar-refractivity contribution in [3.05, 3.63) is 209 Å². The molecule has 0 radical (unpaired) electrons. The van der Waals surface area contributed by atoms with E-state index in [1.165, 1.54) is 83.9 Å². The molecule has 21 heteroatoms. The molecule has 0 atom stereocenters. The molecule has 0 aliphatic rings. The van der Waals surface area contributed by atoms with Crippen molar-refractivity contribution >= 4 is 23.6 Å². The predicted molar refractivity (Wildman–Crippen MR) is 271 cm³/mol. The molecule has 0 saturated carbocycles. The molecule has 6 aromatic rings. The van der Waals surface area contributed by atoms with Crippen LogP contribution in [-0.4, -0.2) is 131 Å². The number of hydrogen-bond donors (Lipinski definition) is 4. The number of nitrogens with zero attached hydrogens (tertiary/aromatic N) is 6. The number of carbonyl (C=O) groups excluding carboxylic acids is 4. The van der Waals surface area contributed by atoms with Crippen LogP contribution < -0.4 is 53.2 Å². The van der Waals surface area contributed by atoms with Crippen LogP contribution in [0.15, 0.2) is 153 Å². The van der Waals surface area contributed by atoms with Gasteiger partial charge >= 0.3 is 0 Å². The summed E-state index contributed by atoms with van der Waals surface area (Å²) < 4.78 is 10.5. The molecular formula is C52H60N10O11. The van der Waals surface area contributed by atoms with Gasteiger partial charge in [0.15, 0.2) is 0 Å². The van der Waals surface area contributed by atoms with Gasteiger partial charge in [-0.25, -0.2) is 0 Å². The third-order valence-corrected chi connectivity index (χ3v) is 11.5. The minimum atomic E-state index is -0.541. The van der Waals surface area contributed by atoms with E-state index in [2.05, 4.69) is 21.3 Å². The maximum Gasteiger partial charge on any atom is 0.283 e. The van der Waals surface area contributed by atoms with Gasteiger partial charge in [-0.2, -0.15) is 0 Å². The van der Waals surface area contributed by atoms with Crippen LogP contribution in [0.5, 0.6) is 0 Å². The van der Waals surface area contributed by atoms with Gasteiger partial charge < -0.3 is 44.8 Å². The molecule has 4 aromatic heterocycles. The summed E-state index contributed by atoms with van der Waals surface area (Å²) in [6.07, 6.45) is 0. The number of rotatable bonds is 28. The van der Waals surface area contributed by atoms with E-state index in [1.807, 2.05) is 70.5 Å². The second-order valence-corrected chi connectivity index (χ2v) is 16.5. The van der Waals surface area contributed by atoms with Crippen molar-refractivity contribution < 1.29 is 33.6 Å². The number of aromatic nitrogens is 4. The van der Waals surface area contributed by atoms with Crippen molar-refractivity contribution in [2.24, 2.45) is 14.1 Å². The summed E-state index contributed by atoms with van der Waals surface area (Å²) in [6, 6.07) is 35.8. The van der Waals surface area contributed by atoms with Gasteiger partial charge in [0, 0.05) is 104 Å². The Labute approximate surface area is 420 Å². The number of pyridine rings is 4. The topological polar surface area (TPSA) is 239 Å². The molecule has 4 amide bonds. The zero-order valence-corrected chi connectivity index (χ0v) is 40.8. The first-order valence-electron chi connectivity index (χ1n) is 23.7. The molecule has 0 fully saturated rings. The lowest BCUT2D eigenvalue weighted by atomic mass is 10.2. The second-order valence-electron chi connectivity index (χ2n) is 16.5. The number of ether oxygens (including phenoxy) is 1. The highest BCUT2D eigenvalue weighted by Crippen LogP contribution is 2.04. The van der Waals surface area contributed by atoms with Crippen LogP contribution in [0.4, 0.5) is 0 Å². The van der Waals surface area contributed by atoms with Crippen molar-refractivity contribution in [1.29, 1.82) is 0 Å². The molecule has 21 nitrogen and oxygen atoms in total. The summed E-state index contributed by atoms with van der Waals surface area (Å²) in [5.74, 6) is -1.93. The SMILES string of the molecule is Cn1c(C(=O)NCCN(CCNC(=O)c2cccc(=O)n2C)CCOCCN(CCNC(=O)c2cccc(=O)n2OCc2ccccc2)CCNC(=O)c2cccc(=O)n2OCc2ccccc2)cccc1=O. The first-order chi connectivity index (χ1) is 35.4. The van der Waals surface area contributed by atoms with E-state index in [9.17, 15) is 38.4 Å². The summed E-state index contributed by atoms with van der Waals surface area (Å²) in [6.45, 7) is 3.36. The Kier molecular flexibility index (Phi) is 20.6. The Balaban J connectivity index is 1.07. The maximum absolute atomic E-state index is 13.5. The first-order valence-corrected chi connectivity index (χ1v) is 23.7. The first kappa shape index (κ1) is 53.9. The monoisotopic (exact) mass is 1000 g/mol. The largest absolute Gasteiger partial charge is 0.405 e. The summed E-state index contributed by atoms with van der Waals surface area (Å²) in [5, 5.41) is 11.4. The standard InChI is InChI=1S/C52H60N10O11/c1-57-41(17-9-21-45(57)63)49(67)53-25-29-59(30-26-54-50(68)42-18-10-22-46(64)58(42)2)33-35-71-36-34-60(31-27-55-51(69)43-19-11-23-47(65)61(43)72-37-39-13-5-3-6-14-39)32-28-56-52(70)44-20-12-24-48(66)62(44)73-38-40-15-7-4-8-16-40/h3-24H,25-38H2,1-2H3,(H,53,67)(H,54,68)(H,55,69)(H,56,70). The predicted octanol–water partition coefficient (Wildman–Crippen LogP) is 0.305. The van der Waals surface area contributed by atoms with Crippen molar-refractivity contribution in [3.63, 3.8) is 0 Å². The highest BCUT2D eigenvalue weighted by molar-refractivity contribution is 5.93. The second kappa shape index (κ2) is 27.8. The van der Waals surface area contributed by atoms with Crippen molar-refractivity contribution in [3.8, 4) is 0 Å². The molecule has 0 aliphatic carbocycles. The molecule has 0 saturated heterocycles. The average Bonchev–Trinajstić information content (AvgIpc) is 3.39. The average molecular weight is 1000 g/mol. The molecule has 73 heavy (non-hydrogen) atoms. The quantitative estimate of drug-likeness (QED) is 0.0485. The molecular weight excluding hydrogens is 941 g/mol. The lowest BCUT2D eigenvalue weighted by Gasteiger charge is -2.25. The van der Waals surface area contributed by atoms with Crippen LogP contribution in [0.1, 0.15) is 53.1 Å². The van der Waals surface area contributed by atoms with Crippen LogP contribution in [-0.2, 0) is 32.0 Å². The maximum atomic E-state index is 13.5. The number of amides is 4. The Morgan fingerprint density at radius 2 is 0.712 bits per heavy atom. The molecule has 0 spiro atoms. The van der Waals surface area contributed by atoms with E-state index in [4.69, 9.17) is 14.4 Å². The molecule has 0 unspecified atom stereocenters. The van der Waals surface area contributed by atoms with E-state index in [1.54, 1.807) is 12.1 Å². The number of benzene rings is 2. The van der Waals surface area contributed by atoms with E-state index >= 15 is 0 Å². The van der Waals surface area contributed by atoms with Gasteiger partial charge in [-0.05, 0) is 35.4 Å². The van der Waals surface area contributed by atoms with E-state index < -0.39 is 34.7 Å². The third-order valence-electron chi connectivity index (χ3n) is 11.5. The van der Waals surface area contributed by atoms with E-state index in [0.717, 1.165) is 20.6 Å². The fourth-order valence-electron chi connectivity index (χ4n) is 7.40. The van der Waals surface area contributed by atoms with Crippen LogP contribution in [0.2, 0.25) is 0 Å². The Morgan fingerprint density at radius 1 is 0.397 bits per heavy atom. The van der Waals surface area contributed by atoms with Crippen molar-refractivity contribution in [2.75, 3.05) is 78.7 Å². The minimum Gasteiger partial charge on any atom is -0.405 e. The Hall–Kier alpha value is -8.40. The minimum absolute atomic E-state index is 0.00832. The number of nitrogens with one attached hydrogen (secondary N) is 4. The molecule has 0 aliphatic heterocycles. The summed E-state index contributed by atoms with van der Waals surface area (Å²) in [7, 11) is 3.03. The highest BCUT2D eigenvalue weighted by atomic mass is 16.7. The molecule has 384 valence electrons. The summed E-state index contributed by atoms with van der Waals surface area (Å²) >= 11 is 0. The van der Waals surface area contributed by atoms with Crippen LogP contribution in [0.25, 0.3) is 0 Å². The molecule has 4 heterocycles. The lowest BCUT2D eigenvalue weighted by Crippen LogP contribution is -2.43. The molecule has 0 bridgehead atoms. The van der Waals surface area contributed by atoms with Crippen LogP contribution in [0, 0.1) is 0 Å². The van der Waals surface area contributed by atoms with Crippen molar-refractivity contribution in [2.45, 2.75) is 13.2 Å². The van der Waals surface area contributed by atoms with Gasteiger partial charge in [-0.15, -0.1) is 9.46 Å². The van der Waals surface area contributed by atoms with Crippen molar-refractivity contribution in [1.82, 2.24) is 49.7 Å². The summed E-state index contributed by atoms with van der Waals surface area (Å²) in [4.78, 5) is 118. The normalized spacial score (nSPS) is 11.0. The Bertz CT molecular complexity index is 2830. The van der Waals surface area contributed by atoms with E-state index in [0.29, 0.717) is 39.3 Å². The third kappa shape index (κ3) is 16.3. The van der Waals surface area contributed by atoms with Crippen LogP contribution in [0.3, 0.4) is 0 Å². The van der Waals surface area contributed by atoms with E-state index in [-0.39, 0.29) is 86.5 Å². The fourth-order valence-corrected chi connectivity index (χ4v) is 7.40. The molecule has 4 N–H and O–H groups in total. The fraction of sp³-hybridized carbons (Fsp3) is 0.308. The number of hydrogen-bond acceptors (Lipinski definition) is 13. The smallest absolute Gasteiger partial charge is 0.283 e. The Morgan fingerprint density at radius 3 is 1.07 bits per heavy atom. The van der Waals surface area contributed by atoms with Gasteiger partial charge in [-0.1, -0.05) is 84.9 Å².